The average Bonchev–Trinajstić information content (AvgIpc) is 2.16. The zero-order chi connectivity index (χ0) is 11.3. The predicted octanol–water partition coefficient (Wildman–Crippen LogP) is 2.85. The smallest absolute Gasteiger partial charge is 0.303 e. The molecule has 0 fully saturated rings. The van der Waals surface area contributed by atoms with Gasteiger partial charge in [0.2, 0.25) is 0 Å². The van der Waals surface area contributed by atoms with E-state index in [1.807, 2.05) is 0 Å². The lowest BCUT2D eigenvalue weighted by atomic mass is 9.98. The topological polar surface area (TPSA) is 37.3 Å². The van der Waals surface area contributed by atoms with Crippen molar-refractivity contribution in [1.82, 2.24) is 0 Å². The van der Waals surface area contributed by atoms with E-state index in [0.717, 1.165) is 5.56 Å². The van der Waals surface area contributed by atoms with Gasteiger partial charge in [0.1, 0.15) is 5.82 Å². The second-order valence-corrected chi connectivity index (χ2v) is 4.10. The first-order chi connectivity index (χ1) is 7.11. The Hall–Kier alpha value is -0.900. The largest absolute Gasteiger partial charge is 0.481 e. The van der Waals surface area contributed by atoms with Gasteiger partial charge < -0.3 is 5.11 Å². The summed E-state index contributed by atoms with van der Waals surface area (Å²) in [7, 11) is 0. The number of hydrogen-bond acceptors (Lipinski definition) is 1. The number of carboxylic acids is 1. The fourth-order valence-electron chi connectivity index (χ4n) is 1.43. The zero-order valence-corrected chi connectivity index (χ0v) is 9.71. The van der Waals surface area contributed by atoms with Crippen molar-refractivity contribution >= 4 is 21.9 Å². The molecular weight excluding hydrogens is 263 g/mol. The lowest BCUT2D eigenvalue weighted by Crippen LogP contribution is -2.12. The van der Waals surface area contributed by atoms with Crippen LogP contribution in [0.15, 0.2) is 24.3 Å². The molecule has 4 heteroatoms. The molecule has 1 rings (SSSR count). The molecule has 1 atom stereocenters. The average molecular weight is 275 g/mol. The van der Waals surface area contributed by atoms with Gasteiger partial charge in [-0.1, -0.05) is 28.1 Å². The van der Waals surface area contributed by atoms with Crippen molar-refractivity contribution in [2.75, 3.05) is 5.33 Å². The van der Waals surface area contributed by atoms with Crippen molar-refractivity contribution in [3.8, 4) is 0 Å². The van der Waals surface area contributed by atoms with Crippen molar-refractivity contribution in [3.05, 3.63) is 35.6 Å². The molecule has 0 saturated heterocycles. The summed E-state index contributed by atoms with van der Waals surface area (Å²) in [5.41, 5.74) is 0.834. The minimum atomic E-state index is -0.823. The summed E-state index contributed by atoms with van der Waals surface area (Å²) in [5, 5.41) is 9.26. The van der Waals surface area contributed by atoms with Crippen LogP contribution in [0.25, 0.3) is 0 Å². The molecule has 0 aliphatic carbocycles. The minimum Gasteiger partial charge on any atom is -0.481 e. The second kappa shape index (κ2) is 5.85. The first kappa shape index (κ1) is 12.2. The molecule has 2 nitrogen and oxygen atoms in total. The Balaban J connectivity index is 2.62. The van der Waals surface area contributed by atoms with Crippen LogP contribution >= 0.6 is 15.9 Å². The van der Waals surface area contributed by atoms with Gasteiger partial charge in [-0.2, -0.15) is 0 Å². The molecule has 1 aromatic carbocycles. The van der Waals surface area contributed by atoms with Gasteiger partial charge in [0.15, 0.2) is 0 Å². The lowest BCUT2D eigenvalue weighted by Gasteiger charge is -2.11. The Labute approximate surface area is 96.2 Å². The first-order valence-electron chi connectivity index (χ1n) is 4.64. The van der Waals surface area contributed by atoms with Crippen molar-refractivity contribution in [3.63, 3.8) is 0 Å². The summed E-state index contributed by atoms with van der Waals surface area (Å²) < 4.78 is 12.9. The summed E-state index contributed by atoms with van der Waals surface area (Å²) in [5.74, 6) is -1.10. The zero-order valence-electron chi connectivity index (χ0n) is 8.12. The lowest BCUT2D eigenvalue weighted by molar-refractivity contribution is -0.137. The van der Waals surface area contributed by atoms with Crippen molar-refractivity contribution in [2.24, 2.45) is 5.92 Å². The van der Waals surface area contributed by atoms with Gasteiger partial charge in [-0.05, 0) is 30.0 Å². The molecule has 0 bridgehead atoms. The van der Waals surface area contributed by atoms with Gasteiger partial charge in [-0.3, -0.25) is 4.79 Å². The Morgan fingerprint density at radius 2 is 2.27 bits per heavy atom. The Morgan fingerprint density at radius 3 is 2.80 bits per heavy atom. The number of aliphatic carboxylic acids is 1. The molecule has 15 heavy (non-hydrogen) atoms. The highest BCUT2D eigenvalue weighted by Gasteiger charge is 2.12. The number of halogens is 2. The molecule has 0 radical (unpaired) electrons. The second-order valence-electron chi connectivity index (χ2n) is 3.45. The molecule has 0 aromatic heterocycles. The molecule has 0 amide bonds. The van der Waals surface area contributed by atoms with Crippen LogP contribution in [0.4, 0.5) is 4.39 Å². The third-order valence-electron chi connectivity index (χ3n) is 2.09. The van der Waals surface area contributed by atoms with Gasteiger partial charge >= 0.3 is 5.97 Å². The summed E-state index contributed by atoms with van der Waals surface area (Å²) in [6.45, 7) is 0. The number of carboxylic acid groups (broad SMARTS) is 1. The van der Waals surface area contributed by atoms with Crippen LogP contribution < -0.4 is 0 Å². The highest BCUT2D eigenvalue weighted by atomic mass is 79.9. The molecule has 1 aromatic rings. The van der Waals surface area contributed by atoms with Crippen LogP contribution in [-0.4, -0.2) is 16.4 Å². The summed E-state index contributed by atoms with van der Waals surface area (Å²) >= 11 is 3.26. The van der Waals surface area contributed by atoms with E-state index in [2.05, 4.69) is 15.9 Å². The van der Waals surface area contributed by atoms with Gasteiger partial charge in [-0.15, -0.1) is 0 Å². The number of rotatable bonds is 5. The Morgan fingerprint density at radius 1 is 1.53 bits per heavy atom. The SMILES string of the molecule is O=C(O)CC(CBr)Cc1cccc(F)c1. The van der Waals surface area contributed by atoms with Gasteiger partial charge in [0, 0.05) is 11.8 Å². The maximum Gasteiger partial charge on any atom is 0.303 e. The number of benzene rings is 1. The normalized spacial score (nSPS) is 12.4. The third kappa shape index (κ3) is 4.42. The molecule has 0 aliphatic heterocycles. The summed E-state index contributed by atoms with van der Waals surface area (Å²) in [6.07, 6.45) is 0.678. The standard InChI is InChI=1S/C11H12BrFO2/c12-7-9(6-11(14)15)4-8-2-1-3-10(13)5-8/h1-3,5,9H,4,6-7H2,(H,14,15). The van der Waals surface area contributed by atoms with Crippen LogP contribution in [0.2, 0.25) is 0 Å². The first-order valence-corrected chi connectivity index (χ1v) is 5.76. The fraction of sp³-hybridized carbons (Fsp3) is 0.364. The highest BCUT2D eigenvalue weighted by Crippen LogP contribution is 2.15. The molecule has 0 saturated carbocycles. The monoisotopic (exact) mass is 274 g/mol. The number of hydrogen-bond donors (Lipinski definition) is 1. The third-order valence-corrected chi connectivity index (χ3v) is 3.01. The van der Waals surface area contributed by atoms with Gasteiger partial charge in [0.05, 0.1) is 0 Å². The highest BCUT2D eigenvalue weighted by molar-refractivity contribution is 9.09. The summed E-state index contributed by atoms with van der Waals surface area (Å²) in [6, 6.07) is 6.26. The number of alkyl halides is 1. The fourth-order valence-corrected chi connectivity index (χ4v) is 1.88. The van der Waals surface area contributed by atoms with E-state index >= 15 is 0 Å². The Bertz CT molecular complexity index is 341. The van der Waals surface area contributed by atoms with E-state index in [-0.39, 0.29) is 18.2 Å². The molecule has 1 N–H and O–H groups in total. The molecule has 0 heterocycles. The van der Waals surface area contributed by atoms with Gasteiger partial charge in [0.25, 0.3) is 0 Å². The van der Waals surface area contributed by atoms with Gasteiger partial charge in [-0.25, -0.2) is 4.39 Å². The molecule has 82 valence electrons. The minimum absolute atomic E-state index is 0.00398. The van der Waals surface area contributed by atoms with Crippen LogP contribution in [0, 0.1) is 11.7 Å². The van der Waals surface area contributed by atoms with E-state index in [9.17, 15) is 9.18 Å². The maximum absolute atomic E-state index is 12.9. The van der Waals surface area contributed by atoms with E-state index in [1.165, 1.54) is 12.1 Å². The number of carbonyl (C=O) groups is 1. The quantitative estimate of drug-likeness (QED) is 0.839. The molecule has 0 spiro atoms. The molecule has 1 unspecified atom stereocenters. The van der Waals surface area contributed by atoms with Crippen LogP contribution in [-0.2, 0) is 11.2 Å². The van der Waals surface area contributed by atoms with E-state index in [1.54, 1.807) is 12.1 Å². The van der Waals surface area contributed by atoms with Crippen LogP contribution in [0.5, 0.6) is 0 Å². The Kier molecular flexibility index (Phi) is 4.75. The molecule has 0 aliphatic rings. The van der Waals surface area contributed by atoms with Crippen molar-refractivity contribution in [2.45, 2.75) is 12.8 Å². The van der Waals surface area contributed by atoms with E-state index in [4.69, 9.17) is 5.11 Å². The van der Waals surface area contributed by atoms with Crippen LogP contribution in [0.1, 0.15) is 12.0 Å². The summed E-state index contributed by atoms with van der Waals surface area (Å²) in [4.78, 5) is 10.5. The predicted molar refractivity (Wildman–Crippen MR) is 59.6 cm³/mol. The van der Waals surface area contributed by atoms with E-state index < -0.39 is 5.97 Å². The van der Waals surface area contributed by atoms with E-state index in [0.29, 0.717) is 11.8 Å². The maximum atomic E-state index is 12.9. The molecular formula is C11H12BrFO2. The van der Waals surface area contributed by atoms with Crippen molar-refractivity contribution < 1.29 is 14.3 Å². The van der Waals surface area contributed by atoms with Crippen molar-refractivity contribution in [1.29, 1.82) is 0 Å². The van der Waals surface area contributed by atoms with Crippen LogP contribution in [0.3, 0.4) is 0 Å².